The molecular weight excluding hydrogens is 386 g/mol. The number of hydrogen-bond donors (Lipinski definition) is 3. The summed E-state index contributed by atoms with van der Waals surface area (Å²) in [5, 5.41) is 1.45. The second-order valence-corrected chi connectivity index (χ2v) is 11.7. The molecule has 7 nitrogen and oxygen atoms in total. The van der Waals surface area contributed by atoms with Gasteiger partial charge in [0.2, 0.25) is 0 Å². The van der Waals surface area contributed by atoms with E-state index in [4.69, 9.17) is 14.7 Å². The van der Waals surface area contributed by atoms with Crippen LogP contribution in [0.4, 0.5) is 0 Å². The van der Waals surface area contributed by atoms with Crippen LogP contribution in [0.1, 0.15) is 78.1 Å². The molecule has 0 spiro atoms. The van der Waals surface area contributed by atoms with Gasteiger partial charge in [-0.25, -0.2) is 8.42 Å². The Kier molecular flexibility index (Phi) is 11.3. The van der Waals surface area contributed by atoms with Crippen molar-refractivity contribution in [3.8, 4) is 11.2 Å². The van der Waals surface area contributed by atoms with E-state index in [-0.39, 0.29) is 0 Å². The Labute approximate surface area is 151 Å². The van der Waals surface area contributed by atoms with Crippen LogP contribution in [0.3, 0.4) is 0 Å². The monoisotopic (exact) mass is 415 g/mol. The summed E-state index contributed by atoms with van der Waals surface area (Å²) in [5.74, 6) is 1.55. The first kappa shape index (κ1) is 24.7. The molecule has 1 aliphatic rings. The topological polar surface area (TPSA) is 129 Å². The molecule has 0 radical (unpaired) electrons. The predicted octanol–water partition coefficient (Wildman–Crippen LogP) is 3.87. The van der Waals surface area contributed by atoms with Crippen molar-refractivity contribution in [1.29, 1.82) is 0 Å². The summed E-state index contributed by atoms with van der Waals surface area (Å²) in [5.41, 5.74) is 0. The summed E-state index contributed by atoms with van der Waals surface area (Å²) >= 11 is 0. The molecule has 1 heterocycles. The lowest BCUT2D eigenvalue weighted by molar-refractivity contribution is 0.366. The fourth-order valence-corrected chi connectivity index (χ4v) is 6.48. The van der Waals surface area contributed by atoms with Crippen molar-refractivity contribution in [1.82, 2.24) is 0 Å². The van der Waals surface area contributed by atoms with Gasteiger partial charge in [0.25, 0.3) is 9.84 Å². The molecule has 0 saturated heterocycles. The van der Waals surface area contributed by atoms with Crippen LogP contribution in [0.2, 0.25) is 0 Å². The first-order valence-corrected chi connectivity index (χ1v) is 12.9. The van der Waals surface area contributed by atoms with Crippen molar-refractivity contribution in [2.75, 3.05) is 0 Å². The highest BCUT2D eigenvalue weighted by molar-refractivity contribution is 8.11. The van der Waals surface area contributed by atoms with Crippen molar-refractivity contribution in [3.05, 3.63) is 0 Å². The lowest BCUT2D eigenvalue weighted by atomic mass is 10.1. The molecule has 1 rings (SSSR count). The van der Waals surface area contributed by atoms with E-state index in [9.17, 15) is 17.5 Å². The molecule has 2 atom stereocenters. The van der Waals surface area contributed by atoms with Crippen LogP contribution in [-0.2, 0) is 19.0 Å². The maximum Gasteiger partial charge on any atom is 0.556 e. The summed E-state index contributed by atoms with van der Waals surface area (Å²) in [4.78, 5) is 25.7. The molecule has 1 aliphatic heterocycles. The van der Waals surface area contributed by atoms with Crippen molar-refractivity contribution >= 4 is 25.5 Å². The number of hydrogen-bond acceptors (Lipinski definition) is 4. The van der Waals surface area contributed by atoms with Gasteiger partial charge in [0, 0.05) is 11.2 Å². The van der Waals surface area contributed by atoms with Crippen LogP contribution in [0.15, 0.2) is 0 Å². The highest BCUT2D eigenvalue weighted by Gasteiger charge is 2.77. The standard InChI is InChI=1S/C12H26.C3H2O7P2S/c1-3-5-7-9-11-12-10-8-6-4-2;4-11(5)3(12(6,7)8)1-2-13(3,9)10/h3-12H2,1-2H3;(H2-,4,5,6,7,8)/p+1. The zero-order chi connectivity index (χ0) is 19.6. The van der Waals surface area contributed by atoms with E-state index >= 15 is 0 Å². The van der Waals surface area contributed by atoms with Crippen LogP contribution >= 0.6 is 15.6 Å². The molecule has 10 heteroatoms. The Morgan fingerprint density at radius 2 is 1.28 bits per heavy atom. The van der Waals surface area contributed by atoms with E-state index < -0.39 is 29.7 Å². The van der Waals surface area contributed by atoms with Crippen molar-refractivity contribution < 1.29 is 32.2 Å². The molecule has 0 fully saturated rings. The minimum Gasteiger partial charge on any atom is -0.319 e. The van der Waals surface area contributed by atoms with E-state index in [0.717, 1.165) is 0 Å². The fraction of sp³-hybridized carbons (Fsp3) is 0.867. The predicted molar refractivity (Wildman–Crippen MR) is 98.8 cm³/mol. The second-order valence-electron chi connectivity index (χ2n) is 5.98. The highest BCUT2D eigenvalue weighted by Crippen LogP contribution is 2.66. The summed E-state index contributed by atoms with van der Waals surface area (Å²) in [6.45, 7) is 4.56. The minimum atomic E-state index is -5.27. The Balaban J connectivity index is 0.000000463. The zero-order valence-corrected chi connectivity index (χ0v) is 17.5. The largest absolute Gasteiger partial charge is 0.556 e. The van der Waals surface area contributed by atoms with Gasteiger partial charge in [-0.05, 0) is 4.57 Å². The van der Waals surface area contributed by atoms with Crippen LogP contribution < -0.4 is 0 Å². The summed E-state index contributed by atoms with van der Waals surface area (Å²) in [6, 6.07) is 0. The lowest BCUT2D eigenvalue weighted by Crippen LogP contribution is -2.38. The van der Waals surface area contributed by atoms with Gasteiger partial charge in [-0.2, -0.15) is 4.89 Å². The maximum atomic E-state index is 10.8. The summed E-state index contributed by atoms with van der Waals surface area (Å²) in [6.07, 6.45) is 14.4. The average Bonchev–Trinajstić information content (AvgIpc) is 2.48. The Morgan fingerprint density at radius 1 is 0.920 bits per heavy atom. The second kappa shape index (κ2) is 11.4. The van der Waals surface area contributed by atoms with Crippen LogP contribution in [0, 0.1) is 11.2 Å². The third-order valence-electron chi connectivity index (χ3n) is 3.83. The molecule has 3 N–H and O–H groups in total. The first-order valence-electron chi connectivity index (χ1n) is 8.57. The maximum absolute atomic E-state index is 10.8. The summed E-state index contributed by atoms with van der Waals surface area (Å²) in [7, 11) is -13.4. The molecule has 0 saturated carbocycles. The van der Waals surface area contributed by atoms with E-state index in [1.165, 1.54) is 69.5 Å². The lowest BCUT2D eigenvalue weighted by Gasteiger charge is -2.18. The van der Waals surface area contributed by atoms with Crippen LogP contribution in [0.25, 0.3) is 0 Å². The number of rotatable bonds is 11. The van der Waals surface area contributed by atoms with Crippen molar-refractivity contribution in [3.63, 3.8) is 0 Å². The average molecular weight is 415 g/mol. The van der Waals surface area contributed by atoms with Crippen LogP contribution in [0.5, 0.6) is 0 Å². The molecular formula is C15H29O7P2S+. The smallest absolute Gasteiger partial charge is 0.319 e. The SMILES string of the molecule is CCCCCCCCCCCC.O=[P+](O)C1(P(=O)(O)O)C#CS1(=O)=O. The van der Waals surface area contributed by atoms with Gasteiger partial charge in [-0.1, -0.05) is 78.1 Å². The van der Waals surface area contributed by atoms with E-state index in [1.807, 2.05) is 0 Å². The third-order valence-corrected chi connectivity index (χ3v) is 10.5. The van der Waals surface area contributed by atoms with Gasteiger partial charge in [-0.3, -0.25) is 4.57 Å². The van der Waals surface area contributed by atoms with Gasteiger partial charge in [0.05, 0.1) is 0 Å². The normalized spacial score (nSPS) is 21.2. The fourth-order valence-electron chi connectivity index (χ4n) is 2.28. The Bertz CT molecular complexity index is 620. The van der Waals surface area contributed by atoms with Crippen LogP contribution in [-0.4, -0.2) is 27.3 Å². The van der Waals surface area contributed by atoms with E-state index in [2.05, 4.69) is 13.8 Å². The molecule has 0 aliphatic carbocycles. The minimum absolute atomic E-state index is 1.37. The van der Waals surface area contributed by atoms with E-state index in [0.29, 0.717) is 0 Å². The number of unbranched alkanes of at least 4 members (excludes halogenated alkanes) is 9. The molecule has 2 unspecified atom stereocenters. The highest BCUT2D eigenvalue weighted by atomic mass is 32.2. The van der Waals surface area contributed by atoms with Gasteiger partial charge >= 0.3 is 19.9 Å². The van der Waals surface area contributed by atoms with Crippen molar-refractivity contribution in [2.24, 2.45) is 0 Å². The third kappa shape index (κ3) is 7.09. The molecule has 0 aromatic carbocycles. The molecule has 25 heavy (non-hydrogen) atoms. The van der Waals surface area contributed by atoms with Gasteiger partial charge < -0.3 is 9.79 Å². The Morgan fingerprint density at radius 3 is 1.40 bits per heavy atom. The van der Waals surface area contributed by atoms with Gasteiger partial charge in [-0.15, -0.1) is 0 Å². The van der Waals surface area contributed by atoms with Gasteiger partial charge in [0.1, 0.15) is 0 Å². The molecule has 0 aromatic heterocycles. The quantitative estimate of drug-likeness (QED) is 0.202. The zero-order valence-electron chi connectivity index (χ0n) is 14.8. The summed E-state index contributed by atoms with van der Waals surface area (Å²) < 4.78 is 39.7. The first-order chi connectivity index (χ1) is 11.6. The number of sulfone groups is 1. The molecule has 146 valence electrons. The molecule has 0 bridgehead atoms. The van der Waals surface area contributed by atoms with Gasteiger partial charge in [0.15, 0.2) is 0 Å². The Hall–Kier alpha value is -0.280. The van der Waals surface area contributed by atoms with Crippen molar-refractivity contribution in [2.45, 2.75) is 82.3 Å². The molecule has 0 amide bonds. The molecule has 0 aromatic rings. The van der Waals surface area contributed by atoms with E-state index in [1.54, 1.807) is 5.92 Å².